The Morgan fingerprint density at radius 3 is 2.76 bits per heavy atom. The molecule has 2 aromatic heterocycles. The van der Waals surface area contributed by atoms with Crippen LogP contribution in [0.3, 0.4) is 0 Å². The Morgan fingerprint density at radius 2 is 2.00 bits per heavy atom. The molecule has 0 aliphatic rings. The van der Waals surface area contributed by atoms with E-state index >= 15 is 0 Å². The summed E-state index contributed by atoms with van der Waals surface area (Å²) in [7, 11) is 0. The second kappa shape index (κ2) is 8.07. The minimum atomic E-state index is -0.342. The molecule has 0 atom stereocenters. The first-order chi connectivity index (χ1) is 12.2. The molecule has 3 N–H and O–H groups in total. The number of nitrogens with zero attached hydrogens (tertiary/aromatic N) is 1. The van der Waals surface area contributed by atoms with E-state index in [-0.39, 0.29) is 18.4 Å². The summed E-state index contributed by atoms with van der Waals surface area (Å²) in [6.07, 6.45) is 3.08. The molecule has 0 fully saturated rings. The number of amides is 2. The van der Waals surface area contributed by atoms with Crippen molar-refractivity contribution in [3.63, 3.8) is 0 Å². The number of benzene rings is 1. The van der Waals surface area contributed by atoms with Crippen molar-refractivity contribution in [2.75, 3.05) is 11.9 Å². The molecule has 7 heteroatoms. The van der Waals surface area contributed by atoms with E-state index in [1.54, 1.807) is 23.5 Å². The molecule has 1 aromatic carbocycles. The fraction of sp³-hybridized carbons (Fsp3) is 0.0556. The Morgan fingerprint density at radius 1 is 1.16 bits per heavy atom. The number of nitrogens with one attached hydrogen (secondary N) is 3. The normalized spacial score (nSPS) is 10.7. The van der Waals surface area contributed by atoms with Crippen molar-refractivity contribution in [2.24, 2.45) is 0 Å². The van der Waals surface area contributed by atoms with Crippen molar-refractivity contribution in [1.82, 2.24) is 15.5 Å². The Bertz CT molecular complexity index is 870. The van der Waals surface area contributed by atoms with Crippen LogP contribution < -0.4 is 10.6 Å². The van der Waals surface area contributed by atoms with Crippen molar-refractivity contribution in [3.8, 4) is 10.6 Å². The van der Waals surface area contributed by atoms with Crippen LogP contribution in [0.4, 0.5) is 5.82 Å². The molecule has 3 aromatic rings. The van der Waals surface area contributed by atoms with Gasteiger partial charge in [0.25, 0.3) is 0 Å². The molecule has 6 nitrogen and oxygen atoms in total. The smallest absolute Gasteiger partial charge is 0.244 e. The number of aromatic amines is 1. The number of thiophene rings is 1. The molecule has 2 amide bonds. The molecule has 0 bridgehead atoms. The number of rotatable bonds is 6. The number of H-pyrrole nitrogens is 1. The lowest BCUT2D eigenvalue weighted by molar-refractivity contribution is -0.121. The second-order valence-electron chi connectivity index (χ2n) is 5.15. The van der Waals surface area contributed by atoms with Gasteiger partial charge in [0.1, 0.15) is 0 Å². The van der Waals surface area contributed by atoms with Gasteiger partial charge in [-0.2, -0.15) is 5.10 Å². The van der Waals surface area contributed by atoms with E-state index in [2.05, 4.69) is 20.8 Å². The van der Waals surface area contributed by atoms with Crippen LogP contribution in [0.15, 0.2) is 60.0 Å². The van der Waals surface area contributed by atoms with Gasteiger partial charge in [-0.15, -0.1) is 11.3 Å². The maximum Gasteiger partial charge on any atom is 0.244 e. The average molecular weight is 352 g/mol. The molecule has 0 aliphatic carbocycles. The lowest BCUT2D eigenvalue weighted by Gasteiger charge is -2.02. The van der Waals surface area contributed by atoms with E-state index < -0.39 is 0 Å². The molecule has 0 saturated heterocycles. The Kier molecular flexibility index (Phi) is 5.38. The molecule has 0 aliphatic heterocycles. The highest BCUT2D eigenvalue weighted by molar-refractivity contribution is 7.13. The molecule has 0 unspecified atom stereocenters. The highest BCUT2D eigenvalue weighted by Gasteiger charge is 2.08. The number of hydrogen-bond donors (Lipinski definition) is 3. The van der Waals surface area contributed by atoms with E-state index in [9.17, 15) is 9.59 Å². The monoisotopic (exact) mass is 352 g/mol. The van der Waals surface area contributed by atoms with Crippen LogP contribution in [0.5, 0.6) is 0 Å². The third-order valence-corrected chi connectivity index (χ3v) is 4.19. The summed E-state index contributed by atoms with van der Waals surface area (Å²) in [4.78, 5) is 24.7. The standard InChI is InChI=1S/C18H16N4O2S/c23-17(9-8-13-5-2-1-3-6-13)19-12-18(24)20-16-11-14(21-22-16)15-7-4-10-25-15/h1-11H,12H2,(H,19,23)(H2,20,21,22,24)/b9-8+. The fourth-order valence-corrected chi connectivity index (χ4v) is 2.79. The SMILES string of the molecule is O=C(/C=C/c1ccccc1)NCC(=O)Nc1cc(-c2cccs2)[nH]n1. The third kappa shape index (κ3) is 4.89. The molecular formula is C18H16N4O2S. The zero-order chi connectivity index (χ0) is 17.5. The average Bonchev–Trinajstić information content (AvgIpc) is 3.30. The van der Waals surface area contributed by atoms with Crippen molar-refractivity contribution < 1.29 is 9.59 Å². The molecule has 0 saturated carbocycles. The minimum Gasteiger partial charge on any atom is -0.343 e. The number of anilines is 1. The van der Waals surface area contributed by atoms with Gasteiger partial charge >= 0.3 is 0 Å². The van der Waals surface area contributed by atoms with Gasteiger partial charge in [0, 0.05) is 12.1 Å². The zero-order valence-electron chi connectivity index (χ0n) is 13.2. The van der Waals surface area contributed by atoms with Gasteiger partial charge in [0.2, 0.25) is 11.8 Å². The van der Waals surface area contributed by atoms with Crippen LogP contribution in [-0.2, 0) is 9.59 Å². The van der Waals surface area contributed by atoms with Gasteiger partial charge in [-0.3, -0.25) is 14.7 Å². The first-order valence-corrected chi connectivity index (χ1v) is 8.49. The summed E-state index contributed by atoms with van der Waals surface area (Å²) in [5, 5.41) is 14.0. The quantitative estimate of drug-likeness (QED) is 0.596. The molecule has 2 heterocycles. The number of aromatic nitrogens is 2. The predicted molar refractivity (Wildman–Crippen MR) is 99.0 cm³/mol. The van der Waals surface area contributed by atoms with E-state index in [0.29, 0.717) is 5.82 Å². The molecular weight excluding hydrogens is 336 g/mol. The first-order valence-electron chi connectivity index (χ1n) is 7.61. The van der Waals surface area contributed by atoms with E-state index in [4.69, 9.17) is 0 Å². The number of carbonyl (C=O) groups excluding carboxylic acids is 2. The third-order valence-electron chi connectivity index (χ3n) is 3.28. The minimum absolute atomic E-state index is 0.126. The largest absolute Gasteiger partial charge is 0.343 e. The van der Waals surface area contributed by atoms with Crippen molar-refractivity contribution in [1.29, 1.82) is 0 Å². The number of hydrogen-bond acceptors (Lipinski definition) is 4. The van der Waals surface area contributed by atoms with Gasteiger partial charge in [-0.05, 0) is 23.1 Å². The summed E-state index contributed by atoms with van der Waals surface area (Å²) in [5.74, 6) is -0.256. The van der Waals surface area contributed by atoms with Crippen molar-refractivity contribution >= 4 is 35.0 Å². The highest BCUT2D eigenvalue weighted by Crippen LogP contribution is 2.24. The van der Waals surface area contributed by atoms with E-state index in [0.717, 1.165) is 16.1 Å². The van der Waals surface area contributed by atoms with Crippen LogP contribution in [0.25, 0.3) is 16.6 Å². The topological polar surface area (TPSA) is 86.9 Å². The molecule has 0 spiro atoms. The summed E-state index contributed by atoms with van der Waals surface area (Å²) in [6, 6.07) is 15.1. The zero-order valence-corrected chi connectivity index (χ0v) is 14.0. The van der Waals surface area contributed by atoms with Crippen LogP contribution in [0.2, 0.25) is 0 Å². The Hall–Kier alpha value is -3.19. The number of carbonyl (C=O) groups is 2. The van der Waals surface area contributed by atoms with Crippen LogP contribution in [0, 0.1) is 0 Å². The maximum absolute atomic E-state index is 11.9. The fourth-order valence-electron chi connectivity index (χ4n) is 2.09. The molecule has 25 heavy (non-hydrogen) atoms. The summed E-state index contributed by atoms with van der Waals surface area (Å²) in [5.41, 5.74) is 1.75. The molecule has 3 rings (SSSR count). The summed E-state index contributed by atoms with van der Waals surface area (Å²) < 4.78 is 0. The molecule has 126 valence electrons. The van der Waals surface area contributed by atoms with Gasteiger partial charge in [-0.25, -0.2) is 0 Å². The highest BCUT2D eigenvalue weighted by atomic mass is 32.1. The van der Waals surface area contributed by atoms with Crippen LogP contribution >= 0.6 is 11.3 Å². The maximum atomic E-state index is 11.9. The van der Waals surface area contributed by atoms with Gasteiger partial charge in [0.05, 0.1) is 17.1 Å². The Balaban J connectivity index is 1.46. The lowest BCUT2D eigenvalue weighted by atomic mass is 10.2. The van der Waals surface area contributed by atoms with Gasteiger partial charge < -0.3 is 10.6 Å². The van der Waals surface area contributed by atoms with Gasteiger partial charge in [-0.1, -0.05) is 36.4 Å². The van der Waals surface area contributed by atoms with Crippen molar-refractivity contribution in [3.05, 3.63) is 65.6 Å². The Labute approximate surface area is 148 Å². The predicted octanol–water partition coefficient (Wildman–Crippen LogP) is 2.91. The first kappa shape index (κ1) is 16.7. The second-order valence-corrected chi connectivity index (χ2v) is 6.10. The lowest BCUT2D eigenvalue weighted by Crippen LogP contribution is -2.31. The van der Waals surface area contributed by atoms with E-state index in [1.807, 2.05) is 47.8 Å². The molecule has 0 radical (unpaired) electrons. The van der Waals surface area contributed by atoms with Crippen LogP contribution in [0.1, 0.15) is 5.56 Å². The summed E-state index contributed by atoms with van der Waals surface area (Å²) in [6.45, 7) is -0.126. The summed E-state index contributed by atoms with van der Waals surface area (Å²) >= 11 is 1.58. The van der Waals surface area contributed by atoms with Crippen LogP contribution in [-0.4, -0.2) is 28.6 Å². The van der Waals surface area contributed by atoms with Gasteiger partial charge in [0.15, 0.2) is 5.82 Å². The van der Waals surface area contributed by atoms with Crippen molar-refractivity contribution in [2.45, 2.75) is 0 Å². The van der Waals surface area contributed by atoms with E-state index in [1.165, 1.54) is 6.08 Å².